The van der Waals surface area contributed by atoms with Crippen LogP contribution >= 0.6 is 0 Å². The molecule has 1 aromatic rings. The number of rotatable bonds is 3. The summed E-state index contributed by atoms with van der Waals surface area (Å²) in [7, 11) is 1.75. The maximum atomic E-state index is 12.2. The standard InChI is InChI=1S/C23H34N2O4/c1-22(2,3)29-21(26)25-15-23(16-25)13-18(14-28-23)24-11-9-17(10-12-24)19-7-5-6-8-20(19)27-4/h5-8,17-18H,9-16H2,1-4H3. The number of carbonyl (C=O) groups is 1. The van der Waals surface area contributed by atoms with Crippen molar-refractivity contribution < 1.29 is 19.0 Å². The first-order valence-corrected chi connectivity index (χ1v) is 10.8. The summed E-state index contributed by atoms with van der Waals surface area (Å²) >= 11 is 0. The number of carbonyl (C=O) groups excluding carboxylic acids is 1. The SMILES string of the molecule is COc1ccccc1C1CCN(C2COC3(C2)CN(C(=O)OC(C)(C)C)C3)CC1. The number of hydrogen-bond acceptors (Lipinski definition) is 5. The van der Waals surface area contributed by atoms with E-state index in [9.17, 15) is 4.79 Å². The molecule has 0 N–H and O–H groups in total. The van der Waals surface area contributed by atoms with E-state index in [1.165, 1.54) is 5.56 Å². The van der Waals surface area contributed by atoms with Crippen LogP contribution in [0.15, 0.2) is 24.3 Å². The van der Waals surface area contributed by atoms with Gasteiger partial charge in [0.1, 0.15) is 17.0 Å². The molecule has 1 spiro atoms. The lowest BCUT2D eigenvalue weighted by atomic mass is 9.86. The number of ether oxygens (including phenoxy) is 3. The molecule has 0 bridgehead atoms. The first-order valence-electron chi connectivity index (χ1n) is 10.8. The van der Waals surface area contributed by atoms with Gasteiger partial charge in [-0.2, -0.15) is 0 Å². The number of nitrogens with zero attached hydrogens (tertiary/aromatic N) is 2. The Morgan fingerprint density at radius 3 is 2.52 bits per heavy atom. The van der Waals surface area contributed by atoms with Gasteiger partial charge in [-0.25, -0.2) is 4.79 Å². The molecule has 160 valence electrons. The Morgan fingerprint density at radius 2 is 1.86 bits per heavy atom. The molecule has 3 saturated heterocycles. The van der Waals surface area contributed by atoms with E-state index in [4.69, 9.17) is 14.2 Å². The third-order valence-electron chi connectivity index (χ3n) is 6.42. The molecule has 3 heterocycles. The van der Waals surface area contributed by atoms with Crippen molar-refractivity contribution in [1.82, 2.24) is 9.80 Å². The van der Waals surface area contributed by atoms with Crippen LogP contribution in [-0.4, -0.2) is 73.0 Å². The average Bonchev–Trinajstić information content (AvgIpc) is 3.11. The minimum absolute atomic E-state index is 0.166. The first kappa shape index (κ1) is 20.5. The molecule has 3 aliphatic rings. The molecule has 0 aliphatic carbocycles. The fourth-order valence-corrected chi connectivity index (χ4v) is 4.96. The van der Waals surface area contributed by atoms with Crippen LogP contribution in [0.25, 0.3) is 0 Å². The van der Waals surface area contributed by atoms with Crippen molar-refractivity contribution in [2.45, 2.75) is 63.2 Å². The van der Waals surface area contributed by atoms with Gasteiger partial charge in [0.2, 0.25) is 0 Å². The van der Waals surface area contributed by atoms with Gasteiger partial charge in [0.15, 0.2) is 0 Å². The molecule has 3 aliphatic heterocycles. The van der Waals surface area contributed by atoms with Gasteiger partial charge in [0.25, 0.3) is 0 Å². The molecular weight excluding hydrogens is 368 g/mol. The molecular formula is C23H34N2O4. The van der Waals surface area contributed by atoms with Gasteiger partial charge in [-0.15, -0.1) is 0 Å². The largest absolute Gasteiger partial charge is 0.496 e. The highest BCUT2D eigenvalue weighted by molar-refractivity contribution is 5.69. The monoisotopic (exact) mass is 402 g/mol. The molecule has 29 heavy (non-hydrogen) atoms. The third-order valence-corrected chi connectivity index (χ3v) is 6.42. The van der Waals surface area contributed by atoms with Crippen molar-refractivity contribution in [1.29, 1.82) is 0 Å². The molecule has 0 saturated carbocycles. The van der Waals surface area contributed by atoms with E-state index < -0.39 is 5.60 Å². The summed E-state index contributed by atoms with van der Waals surface area (Å²) in [6.07, 6.45) is 3.07. The summed E-state index contributed by atoms with van der Waals surface area (Å²) in [6, 6.07) is 8.85. The molecule has 1 unspecified atom stereocenters. The quantitative estimate of drug-likeness (QED) is 0.772. The van der Waals surface area contributed by atoms with Crippen LogP contribution in [0, 0.1) is 0 Å². The van der Waals surface area contributed by atoms with Crippen LogP contribution in [0.3, 0.4) is 0 Å². The number of benzene rings is 1. The summed E-state index contributed by atoms with van der Waals surface area (Å²) in [5, 5.41) is 0. The van der Waals surface area contributed by atoms with Gasteiger partial charge in [-0.3, -0.25) is 4.90 Å². The normalized spacial score (nSPS) is 25.1. The Kier molecular flexibility index (Phi) is 5.51. The Bertz CT molecular complexity index is 731. The third kappa shape index (κ3) is 4.38. The van der Waals surface area contributed by atoms with Gasteiger partial charge < -0.3 is 19.1 Å². The maximum Gasteiger partial charge on any atom is 0.410 e. The minimum atomic E-state index is -0.454. The highest BCUT2D eigenvalue weighted by Crippen LogP contribution is 2.40. The maximum absolute atomic E-state index is 12.2. The second kappa shape index (κ2) is 7.80. The molecule has 0 aromatic heterocycles. The lowest BCUT2D eigenvalue weighted by Gasteiger charge is -2.47. The summed E-state index contributed by atoms with van der Waals surface area (Å²) in [6.45, 7) is 9.94. The number of likely N-dealkylation sites (tertiary alicyclic amines) is 2. The molecule has 4 rings (SSSR count). The number of methoxy groups -OCH3 is 1. The molecule has 0 radical (unpaired) electrons. The van der Waals surface area contributed by atoms with Crippen LogP contribution in [0.5, 0.6) is 5.75 Å². The van der Waals surface area contributed by atoms with E-state index in [1.807, 2.05) is 26.8 Å². The Morgan fingerprint density at radius 1 is 1.17 bits per heavy atom. The van der Waals surface area contributed by atoms with E-state index >= 15 is 0 Å². The lowest BCUT2D eigenvalue weighted by molar-refractivity contribution is -0.109. The van der Waals surface area contributed by atoms with Crippen LogP contribution in [-0.2, 0) is 9.47 Å². The van der Waals surface area contributed by atoms with Crippen LogP contribution in [0.4, 0.5) is 4.79 Å². The summed E-state index contributed by atoms with van der Waals surface area (Å²) in [5.41, 5.74) is 0.715. The molecule has 1 aromatic carbocycles. The minimum Gasteiger partial charge on any atom is -0.496 e. The van der Waals surface area contributed by atoms with Gasteiger partial charge in [-0.05, 0) is 70.7 Å². The van der Waals surface area contributed by atoms with E-state index in [0.29, 0.717) is 25.0 Å². The second-order valence-electron chi connectivity index (χ2n) is 9.74. The number of piperidine rings is 1. The lowest BCUT2D eigenvalue weighted by Crippen LogP contribution is -2.64. The zero-order valence-electron chi connectivity index (χ0n) is 18.1. The van der Waals surface area contributed by atoms with Crippen molar-refractivity contribution in [2.24, 2.45) is 0 Å². The Hall–Kier alpha value is -1.79. The average molecular weight is 403 g/mol. The van der Waals surface area contributed by atoms with Crippen molar-refractivity contribution in [3.8, 4) is 5.75 Å². The first-order chi connectivity index (χ1) is 13.8. The molecule has 3 fully saturated rings. The second-order valence-corrected chi connectivity index (χ2v) is 9.74. The van der Waals surface area contributed by atoms with Gasteiger partial charge in [-0.1, -0.05) is 18.2 Å². The highest BCUT2D eigenvalue weighted by atomic mass is 16.6. The van der Waals surface area contributed by atoms with Crippen molar-refractivity contribution >= 4 is 6.09 Å². The number of amides is 1. The molecule has 6 nitrogen and oxygen atoms in total. The van der Waals surface area contributed by atoms with Crippen molar-refractivity contribution in [3.63, 3.8) is 0 Å². The smallest absolute Gasteiger partial charge is 0.410 e. The van der Waals surface area contributed by atoms with Crippen molar-refractivity contribution in [2.75, 3.05) is 39.9 Å². The van der Waals surface area contributed by atoms with Crippen LogP contribution < -0.4 is 4.74 Å². The highest BCUT2D eigenvalue weighted by Gasteiger charge is 2.53. The Labute approximate surface area is 174 Å². The van der Waals surface area contributed by atoms with Gasteiger partial charge in [0, 0.05) is 6.04 Å². The van der Waals surface area contributed by atoms with Crippen LogP contribution in [0.1, 0.15) is 51.5 Å². The van der Waals surface area contributed by atoms with Gasteiger partial charge >= 0.3 is 6.09 Å². The topological polar surface area (TPSA) is 51.2 Å². The predicted octanol–water partition coefficient (Wildman–Crippen LogP) is 3.65. The number of para-hydroxylation sites is 1. The zero-order valence-corrected chi connectivity index (χ0v) is 18.1. The van der Waals surface area contributed by atoms with Gasteiger partial charge in [0.05, 0.1) is 26.8 Å². The summed E-state index contributed by atoms with van der Waals surface area (Å²) in [5.74, 6) is 1.57. The molecule has 1 amide bonds. The van der Waals surface area contributed by atoms with E-state index in [2.05, 4.69) is 23.1 Å². The fraction of sp³-hybridized carbons (Fsp3) is 0.696. The van der Waals surface area contributed by atoms with Crippen LogP contribution in [0.2, 0.25) is 0 Å². The Balaban J connectivity index is 1.27. The zero-order chi connectivity index (χ0) is 20.6. The van der Waals surface area contributed by atoms with Crippen molar-refractivity contribution in [3.05, 3.63) is 29.8 Å². The summed E-state index contributed by atoms with van der Waals surface area (Å²) in [4.78, 5) is 16.6. The molecule has 1 atom stereocenters. The summed E-state index contributed by atoms with van der Waals surface area (Å²) < 4.78 is 17.2. The van der Waals surface area contributed by atoms with E-state index in [-0.39, 0.29) is 11.7 Å². The van der Waals surface area contributed by atoms with E-state index in [1.54, 1.807) is 12.0 Å². The van der Waals surface area contributed by atoms with E-state index in [0.717, 1.165) is 44.7 Å². The molecule has 6 heteroatoms. The number of hydrogen-bond donors (Lipinski definition) is 0. The fourth-order valence-electron chi connectivity index (χ4n) is 4.96. The predicted molar refractivity (Wildman–Crippen MR) is 111 cm³/mol.